The van der Waals surface area contributed by atoms with E-state index in [-0.39, 0.29) is 5.15 Å². The van der Waals surface area contributed by atoms with Crippen molar-refractivity contribution in [1.29, 1.82) is 0 Å². The lowest BCUT2D eigenvalue weighted by atomic mass is 10.4. The fourth-order valence-electron chi connectivity index (χ4n) is 0.472. The third-order valence-electron chi connectivity index (χ3n) is 0.911. The third-order valence-corrected chi connectivity index (χ3v) is 1.60. The molecule has 0 unspecified atom stereocenters. The molecule has 0 aliphatic carbocycles. The van der Waals surface area contributed by atoms with Crippen molar-refractivity contribution >= 4 is 28.9 Å². The summed E-state index contributed by atoms with van der Waals surface area (Å²) in [4.78, 5) is 6.79. The molecule has 0 N–H and O–H groups in total. The Bertz CT molecular complexity index is 290. The lowest BCUT2D eigenvalue weighted by molar-refractivity contribution is 1.34. The van der Waals surface area contributed by atoms with Crippen LogP contribution in [-0.2, 0) is 0 Å². The molecule has 0 bridgehead atoms. The lowest BCUT2D eigenvalue weighted by Crippen LogP contribution is -1.73. The van der Waals surface area contributed by atoms with Crippen LogP contribution in [-0.4, -0.2) is 4.98 Å². The molecule has 0 saturated carbocycles. The van der Waals surface area contributed by atoms with Gasteiger partial charge in [-0.2, -0.15) is 0 Å². The second kappa shape index (κ2) is 2.87. The van der Waals surface area contributed by atoms with Gasteiger partial charge in [0.05, 0.1) is 11.6 Å². The molecule has 0 amide bonds. The van der Waals surface area contributed by atoms with Crippen LogP contribution in [0.5, 0.6) is 0 Å². The van der Waals surface area contributed by atoms with Gasteiger partial charge in [0, 0.05) is 6.20 Å². The molecule has 0 aliphatic rings. The molecule has 0 fully saturated rings. The highest BCUT2D eigenvalue weighted by Gasteiger charge is 1.98. The number of pyridine rings is 1. The Balaban J connectivity index is 3.20. The van der Waals surface area contributed by atoms with Gasteiger partial charge in [-0.25, -0.2) is 4.85 Å². The van der Waals surface area contributed by atoms with Crippen LogP contribution in [0.4, 0.5) is 5.69 Å². The van der Waals surface area contributed by atoms with Gasteiger partial charge in [-0.05, 0) is 6.07 Å². The molecule has 1 aromatic heterocycles. The Morgan fingerprint density at radius 3 is 2.70 bits per heavy atom. The first-order valence-corrected chi connectivity index (χ1v) is 3.18. The molecule has 1 heterocycles. The average Bonchev–Trinajstić information content (AvgIpc) is 1.95. The molecule has 10 heavy (non-hydrogen) atoms. The highest BCUT2D eigenvalue weighted by atomic mass is 35.5. The molecule has 0 radical (unpaired) electrons. The molecule has 2 nitrogen and oxygen atoms in total. The molecular weight excluding hydrogens is 171 g/mol. The van der Waals surface area contributed by atoms with Crippen LogP contribution in [0.1, 0.15) is 0 Å². The van der Waals surface area contributed by atoms with Crippen molar-refractivity contribution in [2.24, 2.45) is 0 Å². The lowest BCUT2D eigenvalue weighted by Gasteiger charge is -1.92. The van der Waals surface area contributed by atoms with Gasteiger partial charge in [-0.15, -0.1) is 0 Å². The smallest absolute Gasteiger partial charge is 0.206 e. The minimum atomic E-state index is 0.231. The van der Waals surface area contributed by atoms with Crippen molar-refractivity contribution in [3.05, 3.63) is 33.9 Å². The highest BCUT2D eigenvalue weighted by Crippen LogP contribution is 2.23. The van der Waals surface area contributed by atoms with Gasteiger partial charge in [0.2, 0.25) is 5.69 Å². The average molecular weight is 173 g/mol. The Kier molecular flexibility index (Phi) is 2.10. The van der Waals surface area contributed by atoms with Crippen molar-refractivity contribution in [3.63, 3.8) is 0 Å². The zero-order valence-electron chi connectivity index (χ0n) is 4.81. The van der Waals surface area contributed by atoms with Crippen LogP contribution >= 0.6 is 23.2 Å². The van der Waals surface area contributed by atoms with Crippen LogP contribution in [0.3, 0.4) is 0 Å². The molecule has 1 rings (SSSR count). The molecule has 4 heteroatoms. The second-order valence-electron chi connectivity index (χ2n) is 1.58. The van der Waals surface area contributed by atoms with Crippen molar-refractivity contribution in [3.8, 4) is 0 Å². The summed E-state index contributed by atoms with van der Waals surface area (Å²) in [5.41, 5.74) is 0.398. The maximum absolute atomic E-state index is 6.59. The first-order chi connectivity index (χ1) is 4.74. The summed E-state index contributed by atoms with van der Waals surface area (Å²) in [5, 5.41) is 0.546. The molecule has 1 aromatic rings. The topological polar surface area (TPSA) is 17.2 Å². The number of nitrogens with zero attached hydrogens (tertiary/aromatic N) is 2. The van der Waals surface area contributed by atoms with E-state index in [1.807, 2.05) is 0 Å². The normalized spacial score (nSPS) is 8.90. The highest BCUT2D eigenvalue weighted by molar-refractivity contribution is 6.41. The van der Waals surface area contributed by atoms with Crippen molar-refractivity contribution in [1.82, 2.24) is 4.98 Å². The van der Waals surface area contributed by atoms with Crippen molar-refractivity contribution in [2.45, 2.75) is 0 Å². The minimum Gasteiger partial charge on any atom is -0.255 e. The zero-order valence-corrected chi connectivity index (χ0v) is 6.32. The third kappa shape index (κ3) is 1.38. The summed E-state index contributed by atoms with van der Waals surface area (Å²) in [7, 11) is 0. The standard InChI is InChI=1S/C6H2Cl2N2/c1-9-4-2-5(7)6(8)10-3-4/h2-3H. The molecule has 50 valence electrons. The van der Waals surface area contributed by atoms with Crippen LogP contribution in [0.2, 0.25) is 10.2 Å². The van der Waals surface area contributed by atoms with Gasteiger partial charge in [-0.3, -0.25) is 4.98 Å². The maximum Gasteiger partial charge on any atom is 0.206 e. The minimum absolute atomic E-state index is 0.231. The summed E-state index contributed by atoms with van der Waals surface area (Å²) in [5.74, 6) is 0. The molecule has 0 aliphatic heterocycles. The van der Waals surface area contributed by atoms with E-state index in [2.05, 4.69) is 9.83 Å². The van der Waals surface area contributed by atoms with E-state index < -0.39 is 0 Å². The van der Waals surface area contributed by atoms with Crippen molar-refractivity contribution in [2.75, 3.05) is 0 Å². The van der Waals surface area contributed by atoms with Gasteiger partial charge in [-0.1, -0.05) is 23.2 Å². The van der Waals surface area contributed by atoms with Gasteiger partial charge >= 0.3 is 0 Å². The molecular formula is C6H2Cl2N2. The SMILES string of the molecule is [C-]#[N+]c1cnc(Cl)c(Cl)c1. The van der Waals surface area contributed by atoms with Crippen LogP contribution in [0.15, 0.2) is 12.3 Å². The predicted octanol–water partition coefficient (Wildman–Crippen LogP) is 2.94. The summed E-state index contributed by atoms with van der Waals surface area (Å²) in [6.45, 7) is 6.59. The van der Waals surface area contributed by atoms with Gasteiger partial charge < -0.3 is 0 Å². The second-order valence-corrected chi connectivity index (χ2v) is 2.34. The number of rotatable bonds is 0. The molecule has 0 atom stereocenters. The number of aromatic nitrogens is 1. The summed E-state index contributed by atoms with van der Waals surface area (Å²) >= 11 is 11.0. The van der Waals surface area contributed by atoms with Gasteiger partial charge in [0.1, 0.15) is 5.15 Å². The monoisotopic (exact) mass is 172 g/mol. The fraction of sp³-hybridized carbons (Fsp3) is 0. The first kappa shape index (κ1) is 7.33. The quantitative estimate of drug-likeness (QED) is 0.435. The van der Waals surface area contributed by atoms with Crippen LogP contribution < -0.4 is 0 Å². The molecule has 0 saturated heterocycles. The number of hydrogen-bond acceptors (Lipinski definition) is 1. The Morgan fingerprint density at radius 2 is 2.20 bits per heavy atom. The first-order valence-electron chi connectivity index (χ1n) is 2.42. The summed E-state index contributed by atoms with van der Waals surface area (Å²) < 4.78 is 0. The number of hydrogen-bond donors (Lipinski definition) is 0. The van der Waals surface area contributed by atoms with E-state index in [4.69, 9.17) is 29.8 Å². The summed E-state index contributed by atoms with van der Waals surface area (Å²) in [6, 6.07) is 1.48. The maximum atomic E-state index is 6.59. The van der Waals surface area contributed by atoms with Gasteiger partial charge in [0.15, 0.2) is 0 Å². The Labute approximate surface area is 68.2 Å². The summed E-state index contributed by atoms with van der Waals surface area (Å²) in [6.07, 6.45) is 1.38. The van der Waals surface area contributed by atoms with E-state index in [1.54, 1.807) is 0 Å². The Hall–Kier alpha value is -0.780. The van der Waals surface area contributed by atoms with E-state index in [0.717, 1.165) is 0 Å². The predicted molar refractivity (Wildman–Crippen MR) is 40.5 cm³/mol. The van der Waals surface area contributed by atoms with Crippen molar-refractivity contribution < 1.29 is 0 Å². The number of halogens is 2. The van der Waals surface area contributed by atoms with Crippen LogP contribution in [0, 0.1) is 6.57 Å². The molecule has 0 spiro atoms. The van der Waals surface area contributed by atoms with E-state index in [1.165, 1.54) is 12.3 Å². The Morgan fingerprint density at radius 1 is 1.50 bits per heavy atom. The van der Waals surface area contributed by atoms with Gasteiger partial charge in [0.25, 0.3) is 0 Å². The van der Waals surface area contributed by atoms with E-state index >= 15 is 0 Å². The largest absolute Gasteiger partial charge is 0.255 e. The van der Waals surface area contributed by atoms with Crippen LogP contribution in [0.25, 0.3) is 4.85 Å². The van der Waals surface area contributed by atoms with E-state index in [0.29, 0.717) is 10.7 Å². The zero-order chi connectivity index (χ0) is 7.56. The fourth-order valence-corrected chi connectivity index (χ4v) is 0.736. The molecule has 0 aromatic carbocycles. The van der Waals surface area contributed by atoms with E-state index in [9.17, 15) is 0 Å².